The van der Waals surface area contributed by atoms with Gasteiger partial charge < -0.3 is 14.6 Å². The number of aryl methyl sites for hydroxylation is 3. The van der Waals surface area contributed by atoms with E-state index >= 15 is 0 Å². The summed E-state index contributed by atoms with van der Waals surface area (Å²) in [7, 11) is 1.88. The molecule has 0 fully saturated rings. The average molecular weight is 634 g/mol. The minimum absolute atomic E-state index is 0.658. The first kappa shape index (κ1) is 31.5. The van der Waals surface area contributed by atoms with E-state index in [9.17, 15) is 9.90 Å². The van der Waals surface area contributed by atoms with E-state index in [1.54, 1.807) is 16.3 Å². The number of carboxylic acids is 1. The maximum absolute atomic E-state index is 12.8. The van der Waals surface area contributed by atoms with Gasteiger partial charge in [-0.1, -0.05) is 30.3 Å². The van der Waals surface area contributed by atoms with Crippen molar-refractivity contribution in [2.45, 2.75) is 59.2 Å². The first-order chi connectivity index (χ1) is 21.9. The molecule has 46 heavy (non-hydrogen) atoms. The second-order valence-corrected chi connectivity index (χ2v) is 13.8. The molecular formula is C38H39N3O4S. The summed E-state index contributed by atoms with van der Waals surface area (Å²) in [5.41, 5.74) is 9.85. The van der Waals surface area contributed by atoms with Gasteiger partial charge in [0.2, 0.25) is 0 Å². The molecule has 6 rings (SSSR count). The molecule has 1 aliphatic rings. The number of benzene rings is 4. The Balaban J connectivity index is 1.52. The van der Waals surface area contributed by atoms with E-state index in [0.29, 0.717) is 12.2 Å². The molecule has 4 aromatic carbocycles. The van der Waals surface area contributed by atoms with Crippen LogP contribution in [0.5, 0.6) is 5.75 Å². The highest BCUT2D eigenvalue weighted by Crippen LogP contribution is 2.45. The van der Waals surface area contributed by atoms with Crippen LogP contribution >= 0.6 is 11.3 Å². The van der Waals surface area contributed by atoms with Gasteiger partial charge in [0.05, 0.1) is 28.1 Å². The second kappa shape index (κ2) is 12.3. The molecule has 0 amide bonds. The Morgan fingerprint density at radius 2 is 1.76 bits per heavy atom. The highest BCUT2D eigenvalue weighted by molar-refractivity contribution is 7.22. The number of anilines is 1. The number of fused-ring (bicyclic) bond motifs is 2. The van der Waals surface area contributed by atoms with Crippen LogP contribution in [0.4, 0.5) is 5.69 Å². The lowest BCUT2D eigenvalue weighted by Crippen LogP contribution is -2.28. The average Bonchev–Trinajstić information content (AvgIpc) is 3.45. The summed E-state index contributed by atoms with van der Waals surface area (Å²) >= 11 is 1.58. The summed E-state index contributed by atoms with van der Waals surface area (Å²) in [4.78, 5) is 17.9. The van der Waals surface area contributed by atoms with Gasteiger partial charge >= 0.3 is 5.97 Å². The van der Waals surface area contributed by atoms with Crippen LogP contribution < -0.4 is 9.75 Å². The lowest BCUT2D eigenvalue weighted by Gasteiger charge is -2.28. The number of nitrogens with zero attached hydrogens (tertiary/aromatic N) is 3. The van der Waals surface area contributed by atoms with Crippen molar-refractivity contribution in [1.82, 2.24) is 4.98 Å². The topological polar surface area (TPSA) is 84.2 Å². The van der Waals surface area contributed by atoms with E-state index in [4.69, 9.17) is 14.5 Å². The minimum Gasteiger partial charge on any atom is -0.493 e. The van der Waals surface area contributed by atoms with Crippen LogP contribution in [-0.2, 0) is 16.0 Å². The first-order valence-corrected chi connectivity index (χ1v) is 16.3. The van der Waals surface area contributed by atoms with Gasteiger partial charge in [0, 0.05) is 30.5 Å². The third-order valence-electron chi connectivity index (χ3n) is 8.28. The smallest absolute Gasteiger partial charge is 0.337 e. The van der Waals surface area contributed by atoms with E-state index in [1.807, 2.05) is 52.9 Å². The number of aliphatic carboxylic acids is 1. The molecule has 0 bridgehead atoms. The highest BCUT2D eigenvalue weighted by Gasteiger charge is 2.32. The molecule has 236 valence electrons. The Hall–Kier alpha value is -4.53. The van der Waals surface area contributed by atoms with E-state index in [0.717, 1.165) is 84.0 Å². The lowest BCUT2D eigenvalue weighted by atomic mass is 9.89. The van der Waals surface area contributed by atoms with Crippen LogP contribution in [0.25, 0.3) is 43.0 Å². The maximum atomic E-state index is 12.8. The number of aromatic nitrogens is 1. The fourth-order valence-corrected chi connectivity index (χ4v) is 7.29. The highest BCUT2D eigenvalue weighted by atomic mass is 32.1. The summed E-state index contributed by atoms with van der Waals surface area (Å²) in [6.45, 7) is 14.0. The summed E-state index contributed by atoms with van der Waals surface area (Å²) in [6, 6.07) is 22.9. The van der Waals surface area contributed by atoms with Crippen molar-refractivity contribution in [3.8, 4) is 38.6 Å². The molecule has 7 nitrogen and oxygen atoms in total. The summed E-state index contributed by atoms with van der Waals surface area (Å²) < 4.78 is 13.1. The number of thiazole rings is 1. The molecule has 0 radical (unpaired) electrons. The zero-order valence-corrected chi connectivity index (χ0v) is 28.0. The van der Waals surface area contributed by atoms with Crippen molar-refractivity contribution in [1.29, 1.82) is 0 Å². The van der Waals surface area contributed by atoms with Gasteiger partial charge in [0.15, 0.2) is 6.10 Å². The number of hydrazone groups is 1. The number of ether oxygens (including phenoxy) is 2. The molecule has 0 aliphatic carbocycles. The van der Waals surface area contributed by atoms with Gasteiger partial charge in [-0.3, -0.25) is 5.01 Å². The van der Waals surface area contributed by atoms with Gasteiger partial charge in [0.25, 0.3) is 0 Å². The van der Waals surface area contributed by atoms with Gasteiger partial charge in [-0.05, 0) is 117 Å². The molecule has 1 aromatic heterocycles. The predicted octanol–water partition coefficient (Wildman–Crippen LogP) is 9.23. The van der Waals surface area contributed by atoms with Crippen LogP contribution in [0.2, 0.25) is 0 Å². The Labute approximate surface area is 274 Å². The summed E-state index contributed by atoms with van der Waals surface area (Å²) in [5.74, 6) is -0.132. The molecule has 0 spiro atoms. The zero-order valence-electron chi connectivity index (χ0n) is 27.2. The normalized spacial score (nSPS) is 13.6. The molecule has 0 saturated carbocycles. The largest absolute Gasteiger partial charge is 0.493 e. The van der Waals surface area contributed by atoms with E-state index < -0.39 is 17.7 Å². The number of carbonyl (C=O) groups is 1. The minimum atomic E-state index is -1.15. The van der Waals surface area contributed by atoms with E-state index in [1.165, 1.54) is 0 Å². The Morgan fingerprint density at radius 1 is 1.02 bits per heavy atom. The Kier molecular flexibility index (Phi) is 8.44. The van der Waals surface area contributed by atoms with Crippen LogP contribution in [-0.4, -0.2) is 42.0 Å². The third-order valence-corrected chi connectivity index (χ3v) is 9.42. The summed E-state index contributed by atoms with van der Waals surface area (Å²) in [6.07, 6.45) is 0.709. The molecule has 0 unspecified atom stereocenters. The molecule has 2 heterocycles. The van der Waals surface area contributed by atoms with Crippen LogP contribution in [0, 0.1) is 13.8 Å². The quantitative estimate of drug-likeness (QED) is 0.135. The first-order valence-electron chi connectivity index (χ1n) is 15.5. The molecule has 8 heteroatoms. The van der Waals surface area contributed by atoms with Gasteiger partial charge in [-0.15, -0.1) is 11.3 Å². The number of carboxylic acid groups (broad SMARTS) is 1. The van der Waals surface area contributed by atoms with Crippen molar-refractivity contribution in [2.24, 2.45) is 5.10 Å². The van der Waals surface area contributed by atoms with Gasteiger partial charge in [-0.2, -0.15) is 5.10 Å². The van der Waals surface area contributed by atoms with Gasteiger partial charge in [-0.25, -0.2) is 9.78 Å². The van der Waals surface area contributed by atoms with Crippen molar-refractivity contribution in [3.05, 3.63) is 89.0 Å². The molecule has 5 aromatic rings. The Bertz CT molecular complexity index is 1970. The lowest BCUT2D eigenvalue weighted by molar-refractivity contribution is -0.160. The molecular weight excluding hydrogens is 595 g/mol. The van der Waals surface area contributed by atoms with Crippen LogP contribution in [0.3, 0.4) is 0 Å². The van der Waals surface area contributed by atoms with Crippen molar-refractivity contribution < 1.29 is 19.4 Å². The van der Waals surface area contributed by atoms with Crippen LogP contribution in [0.15, 0.2) is 71.8 Å². The standard InChI is InChI=1S/C38H39N3O4S/c1-22-18-25(13-15-30(22)41(7)39-6)24-10-8-11-28(20-24)36-40-29-19-23(2)32(34(37(42)43)45-38(3,4)5)33(35(29)46-36)27-14-16-31-26(21-27)12-9-17-44-31/h8,10-11,13-16,18-21,34H,6,9,12,17H2,1-5,7H3,(H,42,43)/t34-/m0/s1. The number of hydrogen-bond donors (Lipinski definition) is 1. The monoisotopic (exact) mass is 633 g/mol. The van der Waals surface area contributed by atoms with Gasteiger partial charge in [0.1, 0.15) is 10.8 Å². The zero-order chi connectivity index (χ0) is 32.7. The molecule has 0 saturated heterocycles. The van der Waals surface area contributed by atoms with Crippen molar-refractivity contribution >= 4 is 39.9 Å². The summed E-state index contributed by atoms with van der Waals surface area (Å²) in [5, 5.41) is 17.1. The molecule has 1 aliphatic heterocycles. The van der Waals surface area contributed by atoms with Crippen LogP contribution in [0.1, 0.15) is 55.5 Å². The molecule has 1 atom stereocenters. The van der Waals surface area contributed by atoms with Crippen molar-refractivity contribution in [3.63, 3.8) is 0 Å². The second-order valence-electron chi connectivity index (χ2n) is 12.8. The number of rotatable bonds is 8. The van der Waals surface area contributed by atoms with E-state index in [2.05, 4.69) is 67.3 Å². The van der Waals surface area contributed by atoms with E-state index in [-0.39, 0.29) is 0 Å². The maximum Gasteiger partial charge on any atom is 0.337 e. The predicted molar refractivity (Wildman–Crippen MR) is 188 cm³/mol. The molecule has 1 N–H and O–H groups in total. The third kappa shape index (κ3) is 6.15. The van der Waals surface area contributed by atoms with Crippen molar-refractivity contribution in [2.75, 3.05) is 18.7 Å². The SMILES string of the molecule is C=NN(C)c1ccc(-c2cccc(-c3nc4cc(C)c([C@H](OC(C)(C)C)C(=O)O)c(-c5ccc6c(c5)CCCO6)c4s3)c2)cc1C. The Morgan fingerprint density at radius 3 is 2.48 bits per heavy atom. The number of hydrogen-bond acceptors (Lipinski definition) is 7. The fourth-order valence-electron chi connectivity index (χ4n) is 6.17. The fraction of sp³-hybridized carbons (Fsp3) is 0.289.